The van der Waals surface area contributed by atoms with Gasteiger partial charge in [-0.15, -0.1) is 0 Å². The van der Waals surface area contributed by atoms with Gasteiger partial charge in [0.15, 0.2) is 0 Å². The molecule has 1 aromatic carbocycles. The van der Waals surface area contributed by atoms with Crippen molar-refractivity contribution in [3.05, 3.63) is 29.8 Å². The Hall–Kier alpha value is -1.20. The summed E-state index contributed by atoms with van der Waals surface area (Å²) >= 11 is 0. The molecule has 0 radical (unpaired) electrons. The van der Waals surface area contributed by atoms with Crippen LogP contribution in [-0.4, -0.2) is 32.6 Å². The zero-order chi connectivity index (χ0) is 13.9. The first kappa shape index (κ1) is 14.9. The summed E-state index contributed by atoms with van der Waals surface area (Å²) < 4.78 is 25.4. The topological polar surface area (TPSA) is 54.5 Å². The molecule has 0 aliphatic heterocycles. The maximum absolute atomic E-state index is 12.1. The molecule has 0 heterocycles. The maximum atomic E-state index is 12.1. The van der Waals surface area contributed by atoms with Gasteiger partial charge in [0.2, 0.25) is 10.0 Å². The number of Topliss-reactive ketones (excluding diaryl/α,β-unsaturated/α-hetero) is 1. The zero-order valence-corrected chi connectivity index (χ0v) is 12.0. The lowest BCUT2D eigenvalue weighted by Gasteiger charge is -2.15. The molecule has 0 spiro atoms. The minimum absolute atomic E-state index is 0.0383. The van der Waals surface area contributed by atoms with E-state index in [9.17, 15) is 13.2 Å². The van der Waals surface area contributed by atoms with E-state index in [0.29, 0.717) is 5.56 Å². The smallest absolute Gasteiger partial charge is 0.242 e. The molecule has 0 saturated carbocycles. The second kappa shape index (κ2) is 5.63. The number of carbonyl (C=O) groups excluding carboxylic acids is 1. The minimum atomic E-state index is -3.50. The molecular weight excluding hydrogens is 250 g/mol. The van der Waals surface area contributed by atoms with Crippen molar-refractivity contribution in [3.63, 3.8) is 0 Å². The van der Waals surface area contributed by atoms with Crippen LogP contribution in [0.15, 0.2) is 29.2 Å². The predicted molar refractivity (Wildman–Crippen MR) is 70.9 cm³/mol. The van der Waals surface area contributed by atoms with Gasteiger partial charge in [-0.1, -0.05) is 32.0 Å². The Kier molecular flexibility index (Phi) is 4.65. The monoisotopic (exact) mass is 269 g/mol. The summed E-state index contributed by atoms with van der Waals surface area (Å²) in [6.07, 6.45) is 0.154. The van der Waals surface area contributed by atoms with Crippen molar-refractivity contribution in [1.82, 2.24) is 4.31 Å². The SMILES string of the molecule is CC(C)C(=O)Cc1ccccc1S(=O)(=O)N(C)C. The fourth-order valence-electron chi connectivity index (χ4n) is 1.49. The number of ketones is 1. The number of benzene rings is 1. The van der Waals surface area contributed by atoms with E-state index in [2.05, 4.69) is 0 Å². The minimum Gasteiger partial charge on any atom is -0.299 e. The normalized spacial score (nSPS) is 12.1. The molecule has 1 aromatic rings. The van der Waals surface area contributed by atoms with Crippen LogP contribution in [0.1, 0.15) is 19.4 Å². The first-order valence-corrected chi connectivity index (χ1v) is 7.24. The lowest BCUT2D eigenvalue weighted by atomic mass is 10.0. The fraction of sp³-hybridized carbons (Fsp3) is 0.462. The van der Waals surface area contributed by atoms with Gasteiger partial charge in [-0.3, -0.25) is 4.79 Å². The quantitative estimate of drug-likeness (QED) is 0.817. The van der Waals surface area contributed by atoms with E-state index >= 15 is 0 Å². The molecule has 0 aromatic heterocycles. The van der Waals surface area contributed by atoms with Crippen LogP contribution >= 0.6 is 0 Å². The van der Waals surface area contributed by atoms with Crippen LogP contribution in [0.25, 0.3) is 0 Å². The summed E-state index contributed by atoms with van der Waals surface area (Å²) in [5.74, 6) is -0.0588. The van der Waals surface area contributed by atoms with Gasteiger partial charge in [0.05, 0.1) is 4.90 Å². The number of hydrogen-bond donors (Lipinski definition) is 0. The van der Waals surface area contributed by atoms with Crippen LogP contribution in [0.3, 0.4) is 0 Å². The molecule has 18 heavy (non-hydrogen) atoms. The Morgan fingerprint density at radius 1 is 1.22 bits per heavy atom. The lowest BCUT2D eigenvalue weighted by Crippen LogP contribution is -2.24. The van der Waals surface area contributed by atoms with Gasteiger partial charge in [0.1, 0.15) is 5.78 Å². The van der Waals surface area contributed by atoms with E-state index in [4.69, 9.17) is 0 Å². The summed E-state index contributed by atoms with van der Waals surface area (Å²) in [5, 5.41) is 0. The second-order valence-electron chi connectivity index (χ2n) is 4.69. The third-order valence-corrected chi connectivity index (χ3v) is 4.66. The third-order valence-electron chi connectivity index (χ3n) is 2.74. The summed E-state index contributed by atoms with van der Waals surface area (Å²) in [5.41, 5.74) is 0.560. The van der Waals surface area contributed by atoms with Crippen LogP contribution in [0.4, 0.5) is 0 Å². The van der Waals surface area contributed by atoms with E-state index in [1.54, 1.807) is 18.2 Å². The van der Waals surface area contributed by atoms with Gasteiger partial charge in [0, 0.05) is 26.4 Å². The molecule has 0 unspecified atom stereocenters. The Labute approximate surface area is 109 Å². The lowest BCUT2D eigenvalue weighted by molar-refractivity contribution is -0.121. The molecular formula is C13H19NO3S. The average Bonchev–Trinajstić information content (AvgIpc) is 2.29. The molecule has 0 bridgehead atoms. The summed E-state index contributed by atoms with van der Waals surface area (Å²) in [4.78, 5) is 12.0. The van der Waals surface area contributed by atoms with Crippen molar-refractivity contribution in [2.45, 2.75) is 25.2 Å². The Bertz CT molecular complexity index is 533. The largest absolute Gasteiger partial charge is 0.299 e. The van der Waals surface area contributed by atoms with Gasteiger partial charge in [-0.25, -0.2) is 12.7 Å². The standard InChI is InChI=1S/C13H19NO3S/c1-10(2)12(15)9-11-7-5-6-8-13(11)18(16,17)14(3)4/h5-8,10H,9H2,1-4H3. The number of nitrogens with zero attached hydrogens (tertiary/aromatic N) is 1. The van der Waals surface area contributed by atoms with E-state index in [1.807, 2.05) is 13.8 Å². The predicted octanol–water partition coefficient (Wildman–Crippen LogP) is 1.70. The van der Waals surface area contributed by atoms with Crippen molar-refractivity contribution < 1.29 is 13.2 Å². The first-order chi connectivity index (χ1) is 8.26. The molecule has 0 amide bonds. The van der Waals surface area contributed by atoms with Gasteiger partial charge in [-0.05, 0) is 11.6 Å². The number of sulfonamides is 1. The van der Waals surface area contributed by atoms with Crippen LogP contribution in [0.2, 0.25) is 0 Å². The Morgan fingerprint density at radius 2 is 1.78 bits per heavy atom. The first-order valence-electron chi connectivity index (χ1n) is 5.80. The van der Waals surface area contributed by atoms with Crippen molar-refractivity contribution in [1.29, 1.82) is 0 Å². The Balaban J connectivity index is 3.20. The number of hydrogen-bond acceptors (Lipinski definition) is 3. The van der Waals surface area contributed by atoms with Gasteiger partial charge < -0.3 is 0 Å². The molecule has 1 rings (SSSR count). The zero-order valence-electron chi connectivity index (χ0n) is 11.2. The summed E-state index contributed by atoms with van der Waals surface area (Å²) in [6, 6.07) is 6.65. The molecule has 100 valence electrons. The maximum Gasteiger partial charge on any atom is 0.242 e. The molecule has 0 aliphatic carbocycles. The molecule has 0 N–H and O–H groups in total. The van der Waals surface area contributed by atoms with Crippen molar-refractivity contribution >= 4 is 15.8 Å². The highest BCUT2D eigenvalue weighted by Gasteiger charge is 2.22. The van der Waals surface area contributed by atoms with E-state index in [0.717, 1.165) is 4.31 Å². The highest BCUT2D eigenvalue weighted by atomic mass is 32.2. The van der Waals surface area contributed by atoms with E-state index in [1.165, 1.54) is 20.2 Å². The Morgan fingerprint density at radius 3 is 2.28 bits per heavy atom. The van der Waals surface area contributed by atoms with Crippen LogP contribution in [0, 0.1) is 5.92 Å². The van der Waals surface area contributed by atoms with Crippen molar-refractivity contribution in [2.24, 2.45) is 5.92 Å². The summed E-state index contributed by atoms with van der Waals surface area (Å²) in [7, 11) is -0.533. The molecule has 4 nitrogen and oxygen atoms in total. The average molecular weight is 269 g/mol. The van der Waals surface area contributed by atoms with Gasteiger partial charge in [0.25, 0.3) is 0 Å². The number of rotatable bonds is 5. The molecule has 5 heteroatoms. The van der Waals surface area contributed by atoms with Crippen LogP contribution in [-0.2, 0) is 21.2 Å². The van der Waals surface area contributed by atoms with Crippen LogP contribution in [0.5, 0.6) is 0 Å². The van der Waals surface area contributed by atoms with Gasteiger partial charge >= 0.3 is 0 Å². The fourth-order valence-corrected chi connectivity index (χ4v) is 2.61. The summed E-state index contributed by atoms with van der Waals surface area (Å²) in [6.45, 7) is 3.62. The van der Waals surface area contributed by atoms with E-state index < -0.39 is 10.0 Å². The van der Waals surface area contributed by atoms with Crippen molar-refractivity contribution in [3.8, 4) is 0 Å². The van der Waals surface area contributed by atoms with Crippen LogP contribution < -0.4 is 0 Å². The molecule has 0 fully saturated rings. The highest BCUT2D eigenvalue weighted by molar-refractivity contribution is 7.89. The molecule has 0 atom stereocenters. The number of carbonyl (C=O) groups is 1. The molecule has 0 aliphatic rings. The van der Waals surface area contributed by atoms with Crippen molar-refractivity contribution in [2.75, 3.05) is 14.1 Å². The third kappa shape index (κ3) is 3.17. The van der Waals surface area contributed by atoms with Gasteiger partial charge in [-0.2, -0.15) is 0 Å². The molecule has 0 saturated heterocycles. The second-order valence-corrected chi connectivity index (χ2v) is 6.81. The van der Waals surface area contributed by atoms with E-state index in [-0.39, 0.29) is 23.0 Å². The highest BCUT2D eigenvalue weighted by Crippen LogP contribution is 2.20.